The smallest absolute Gasteiger partial charge is 0.254 e. The lowest BCUT2D eigenvalue weighted by Crippen LogP contribution is -1.95. The zero-order valence-corrected chi connectivity index (χ0v) is 5.90. The Labute approximate surface area is 65.8 Å². The minimum atomic E-state index is -1.24. The molecule has 1 heterocycles. The van der Waals surface area contributed by atoms with Crippen molar-refractivity contribution < 1.29 is 13.6 Å². The summed E-state index contributed by atoms with van der Waals surface area (Å²) >= 11 is 4.96. The first-order chi connectivity index (χ1) is 5.11. The second-order valence-electron chi connectivity index (χ2n) is 1.77. The second kappa shape index (κ2) is 2.92. The number of aromatic nitrogens is 1. The van der Waals surface area contributed by atoms with Crippen LogP contribution in [0.4, 0.5) is 8.78 Å². The van der Waals surface area contributed by atoms with Gasteiger partial charge in [0.2, 0.25) is 5.95 Å². The maximum Gasteiger partial charge on any atom is 0.254 e. The van der Waals surface area contributed by atoms with Crippen molar-refractivity contribution in [2.24, 2.45) is 0 Å². The third-order valence-corrected chi connectivity index (χ3v) is 1.24. The lowest BCUT2D eigenvalue weighted by atomic mass is 10.3. The van der Waals surface area contributed by atoms with E-state index >= 15 is 0 Å². The van der Waals surface area contributed by atoms with Gasteiger partial charge in [-0.1, -0.05) is 0 Å². The van der Waals surface area contributed by atoms with E-state index in [0.29, 0.717) is 6.07 Å². The molecule has 1 aromatic rings. The van der Waals surface area contributed by atoms with Crippen LogP contribution in [0.3, 0.4) is 0 Å². The fourth-order valence-corrected chi connectivity index (χ4v) is 0.632. The largest absolute Gasteiger partial charge is 0.276 e. The SMILES string of the molecule is O=C(Cl)c1cnc(F)c(F)c1. The third-order valence-electron chi connectivity index (χ3n) is 1.02. The van der Waals surface area contributed by atoms with Gasteiger partial charge in [-0.3, -0.25) is 4.79 Å². The summed E-state index contributed by atoms with van der Waals surface area (Å²) in [6.45, 7) is 0. The van der Waals surface area contributed by atoms with Gasteiger partial charge in [0.1, 0.15) is 0 Å². The molecule has 1 rings (SSSR count). The molecule has 2 nitrogen and oxygen atoms in total. The van der Waals surface area contributed by atoms with E-state index in [1.165, 1.54) is 0 Å². The lowest BCUT2D eigenvalue weighted by molar-refractivity contribution is 0.108. The van der Waals surface area contributed by atoms with E-state index in [1.54, 1.807) is 0 Å². The molecule has 0 amide bonds. The molecule has 0 N–H and O–H groups in total. The predicted molar refractivity (Wildman–Crippen MR) is 34.3 cm³/mol. The number of nitrogens with zero attached hydrogens (tertiary/aromatic N) is 1. The van der Waals surface area contributed by atoms with Crippen molar-refractivity contribution in [1.82, 2.24) is 4.98 Å². The van der Waals surface area contributed by atoms with Gasteiger partial charge < -0.3 is 0 Å². The summed E-state index contributed by atoms with van der Waals surface area (Å²) in [5, 5.41) is -0.864. The summed E-state index contributed by atoms with van der Waals surface area (Å²) in [5.74, 6) is -2.43. The Morgan fingerprint density at radius 3 is 2.64 bits per heavy atom. The van der Waals surface area contributed by atoms with Gasteiger partial charge in [-0.25, -0.2) is 9.37 Å². The standard InChI is InChI=1S/C6H2ClF2NO/c7-5(11)3-1-4(8)6(9)10-2-3/h1-2H. The highest BCUT2D eigenvalue weighted by atomic mass is 35.5. The Hall–Kier alpha value is -1.03. The minimum absolute atomic E-state index is 0.162. The van der Waals surface area contributed by atoms with Crippen molar-refractivity contribution >= 4 is 16.8 Å². The molecular weight excluding hydrogens is 176 g/mol. The molecule has 1 aromatic heterocycles. The van der Waals surface area contributed by atoms with Gasteiger partial charge in [0.15, 0.2) is 5.82 Å². The Morgan fingerprint density at radius 2 is 2.18 bits per heavy atom. The Kier molecular flexibility index (Phi) is 2.14. The molecule has 0 atom stereocenters. The van der Waals surface area contributed by atoms with Crippen LogP contribution >= 0.6 is 11.6 Å². The molecule has 0 aliphatic rings. The van der Waals surface area contributed by atoms with Crippen LogP contribution in [0.25, 0.3) is 0 Å². The van der Waals surface area contributed by atoms with Crippen molar-refractivity contribution in [1.29, 1.82) is 0 Å². The first-order valence-electron chi connectivity index (χ1n) is 2.62. The topological polar surface area (TPSA) is 30.0 Å². The van der Waals surface area contributed by atoms with Crippen LogP contribution in [-0.4, -0.2) is 10.2 Å². The summed E-state index contributed by atoms with van der Waals surface area (Å²) in [4.78, 5) is 13.3. The van der Waals surface area contributed by atoms with Gasteiger partial charge in [0, 0.05) is 6.20 Å². The number of halogens is 3. The van der Waals surface area contributed by atoms with E-state index in [-0.39, 0.29) is 5.56 Å². The number of carbonyl (C=O) groups is 1. The molecule has 0 aromatic carbocycles. The molecular formula is C6H2ClF2NO. The fraction of sp³-hybridized carbons (Fsp3) is 0. The van der Waals surface area contributed by atoms with Gasteiger partial charge in [0.05, 0.1) is 5.56 Å². The Bertz CT molecular complexity index is 303. The summed E-state index contributed by atoms with van der Waals surface area (Å²) in [6, 6.07) is 0.692. The van der Waals surface area contributed by atoms with Crippen LogP contribution < -0.4 is 0 Å². The monoisotopic (exact) mass is 177 g/mol. The Morgan fingerprint density at radius 1 is 1.55 bits per heavy atom. The molecule has 0 fully saturated rings. The minimum Gasteiger partial charge on any atom is -0.276 e. The van der Waals surface area contributed by atoms with E-state index in [4.69, 9.17) is 11.6 Å². The third kappa shape index (κ3) is 1.71. The number of carbonyl (C=O) groups excluding carboxylic acids is 1. The molecule has 0 saturated carbocycles. The van der Waals surface area contributed by atoms with Crippen LogP contribution in [0.2, 0.25) is 0 Å². The molecule has 0 aliphatic carbocycles. The molecule has 0 radical (unpaired) electrons. The molecule has 0 bridgehead atoms. The normalized spacial score (nSPS) is 9.73. The molecule has 11 heavy (non-hydrogen) atoms. The quantitative estimate of drug-likeness (QED) is 0.483. The number of rotatable bonds is 1. The van der Waals surface area contributed by atoms with Crippen molar-refractivity contribution in [3.8, 4) is 0 Å². The van der Waals surface area contributed by atoms with E-state index < -0.39 is 17.0 Å². The molecule has 58 valence electrons. The summed E-state index contributed by atoms with van der Waals surface area (Å²) in [5.41, 5.74) is -0.162. The molecule has 0 saturated heterocycles. The molecule has 0 unspecified atom stereocenters. The summed E-state index contributed by atoms with van der Waals surface area (Å²) < 4.78 is 24.4. The predicted octanol–water partition coefficient (Wildman–Crippen LogP) is 1.74. The van der Waals surface area contributed by atoms with Crippen molar-refractivity contribution in [3.05, 3.63) is 29.6 Å². The highest BCUT2D eigenvalue weighted by molar-refractivity contribution is 6.67. The van der Waals surface area contributed by atoms with Crippen LogP contribution in [-0.2, 0) is 0 Å². The number of pyridine rings is 1. The average molecular weight is 178 g/mol. The van der Waals surface area contributed by atoms with Crippen LogP contribution in [0.5, 0.6) is 0 Å². The number of hydrogen-bond donors (Lipinski definition) is 0. The van der Waals surface area contributed by atoms with Gasteiger partial charge in [0.25, 0.3) is 5.24 Å². The van der Waals surface area contributed by atoms with Gasteiger partial charge in [-0.05, 0) is 17.7 Å². The second-order valence-corrected chi connectivity index (χ2v) is 2.11. The first-order valence-corrected chi connectivity index (χ1v) is 3.00. The van der Waals surface area contributed by atoms with Crippen molar-refractivity contribution in [2.75, 3.05) is 0 Å². The zero-order chi connectivity index (χ0) is 8.43. The number of hydrogen-bond acceptors (Lipinski definition) is 2. The van der Waals surface area contributed by atoms with E-state index in [9.17, 15) is 13.6 Å². The van der Waals surface area contributed by atoms with E-state index in [1.807, 2.05) is 0 Å². The maximum atomic E-state index is 12.3. The lowest BCUT2D eigenvalue weighted by Gasteiger charge is -1.92. The van der Waals surface area contributed by atoms with Crippen molar-refractivity contribution in [2.45, 2.75) is 0 Å². The zero-order valence-electron chi connectivity index (χ0n) is 5.14. The molecule has 0 aliphatic heterocycles. The fourth-order valence-electron chi connectivity index (χ4n) is 0.529. The highest BCUT2D eigenvalue weighted by Gasteiger charge is 2.07. The molecule has 0 spiro atoms. The van der Waals surface area contributed by atoms with Crippen LogP contribution in [0, 0.1) is 11.8 Å². The van der Waals surface area contributed by atoms with E-state index in [0.717, 1.165) is 6.20 Å². The van der Waals surface area contributed by atoms with Gasteiger partial charge in [-0.15, -0.1) is 0 Å². The summed E-state index contributed by atoms with van der Waals surface area (Å²) in [7, 11) is 0. The van der Waals surface area contributed by atoms with Gasteiger partial charge >= 0.3 is 0 Å². The summed E-state index contributed by atoms with van der Waals surface area (Å²) in [6.07, 6.45) is 0.869. The molecule has 5 heteroatoms. The average Bonchev–Trinajstić information content (AvgIpc) is 1.94. The first kappa shape index (κ1) is 8.07. The Balaban J connectivity index is 3.15. The highest BCUT2D eigenvalue weighted by Crippen LogP contribution is 2.07. The van der Waals surface area contributed by atoms with Gasteiger partial charge in [-0.2, -0.15) is 4.39 Å². The maximum absolute atomic E-state index is 12.3. The van der Waals surface area contributed by atoms with E-state index in [2.05, 4.69) is 4.98 Å². The van der Waals surface area contributed by atoms with Crippen LogP contribution in [0.1, 0.15) is 10.4 Å². The van der Waals surface area contributed by atoms with Crippen LogP contribution in [0.15, 0.2) is 12.3 Å². The van der Waals surface area contributed by atoms with Crippen molar-refractivity contribution in [3.63, 3.8) is 0 Å².